The Hall–Kier alpha value is -3.16. The molecule has 2 fully saturated rings. The summed E-state index contributed by atoms with van der Waals surface area (Å²) in [7, 11) is -4.62. The van der Waals surface area contributed by atoms with Gasteiger partial charge in [-0.15, -0.1) is 0 Å². The fraction of sp³-hybridized carbons (Fsp3) is 0.588. The quantitative estimate of drug-likeness (QED) is 0.253. The number of hydrogen-bond donors (Lipinski definition) is 2. The van der Waals surface area contributed by atoms with Crippen LogP contribution in [0.4, 0.5) is 13.6 Å². The van der Waals surface area contributed by atoms with Gasteiger partial charge in [-0.3, -0.25) is 4.79 Å². The van der Waals surface area contributed by atoms with Crippen molar-refractivity contribution in [2.45, 2.75) is 101 Å². The molecule has 48 heavy (non-hydrogen) atoms. The molecule has 0 radical (unpaired) electrons. The van der Waals surface area contributed by atoms with Crippen LogP contribution in [-0.4, -0.2) is 69.3 Å². The normalized spacial score (nSPS) is 17.4. The van der Waals surface area contributed by atoms with E-state index in [4.69, 9.17) is 25.8 Å². The van der Waals surface area contributed by atoms with Crippen LogP contribution in [0, 0.1) is 5.92 Å². The zero-order chi connectivity index (χ0) is 35.1. The molecule has 2 aromatic rings. The molecule has 1 atom stereocenters. The Bertz CT molecular complexity index is 1510. The lowest BCUT2D eigenvalue weighted by Crippen LogP contribution is -2.58. The van der Waals surface area contributed by atoms with E-state index in [1.165, 1.54) is 41.7 Å². The van der Waals surface area contributed by atoms with Crippen molar-refractivity contribution in [3.63, 3.8) is 0 Å². The van der Waals surface area contributed by atoms with Gasteiger partial charge in [-0.1, -0.05) is 36.9 Å². The molecule has 10 nitrogen and oxygen atoms in total. The van der Waals surface area contributed by atoms with E-state index in [9.17, 15) is 18.0 Å². The van der Waals surface area contributed by atoms with Crippen LogP contribution < -0.4 is 19.5 Å². The number of nitrogens with one attached hydrogen (secondary N) is 2. The highest BCUT2D eigenvalue weighted by Gasteiger charge is 2.50. The van der Waals surface area contributed by atoms with Crippen molar-refractivity contribution in [3.8, 4) is 11.5 Å². The summed E-state index contributed by atoms with van der Waals surface area (Å²) in [5.74, 6) is -4.25. The van der Waals surface area contributed by atoms with Crippen molar-refractivity contribution in [2.75, 3.05) is 26.3 Å². The second kappa shape index (κ2) is 16.0. The second-order valence-electron chi connectivity index (χ2n) is 13.3. The molecule has 0 aromatic heterocycles. The first kappa shape index (κ1) is 37.7. The lowest BCUT2D eigenvalue weighted by Gasteiger charge is -2.36. The van der Waals surface area contributed by atoms with Crippen LogP contribution in [-0.2, 0) is 25.5 Å². The number of carbonyl (C=O) groups is 2. The summed E-state index contributed by atoms with van der Waals surface area (Å²) in [5, 5.41) is 2.83. The number of amides is 2. The maximum atomic E-state index is 16.4. The molecule has 0 spiro atoms. The second-order valence-corrected chi connectivity index (χ2v) is 15.4. The summed E-state index contributed by atoms with van der Waals surface area (Å²) in [6, 6.07) is 5.88. The van der Waals surface area contributed by atoms with Crippen molar-refractivity contribution in [2.24, 2.45) is 5.92 Å². The van der Waals surface area contributed by atoms with E-state index in [-0.39, 0.29) is 54.2 Å². The number of likely N-dealkylation sites (tertiary alicyclic amines) is 1. The zero-order valence-corrected chi connectivity index (χ0v) is 29.5. The molecule has 1 aliphatic heterocycles. The van der Waals surface area contributed by atoms with Crippen molar-refractivity contribution in [3.05, 3.63) is 53.1 Å². The predicted octanol–water partition coefficient (Wildman–Crippen LogP) is 6.65. The summed E-state index contributed by atoms with van der Waals surface area (Å²) in [4.78, 5) is 27.0. The molecule has 2 aromatic carbocycles. The molecule has 14 heteroatoms. The van der Waals surface area contributed by atoms with Crippen molar-refractivity contribution in [1.82, 2.24) is 14.9 Å². The highest BCUT2D eigenvalue weighted by Crippen LogP contribution is 2.38. The van der Waals surface area contributed by atoms with Crippen LogP contribution in [0.3, 0.4) is 0 Å². The van der Waals surface area contributed by atoms with Crippen LogP contribution in [0.1, 0.15) is 78.2 Å². The van der Waals surface area contributed by atoms with Gasteiger partial charge in [0.2, 0.25) is 15.9 Å². The fourth-order valence-corrected chi connectivity index (χ4v) is 7.19. The van der Waals surface area contributed by atoms with E-state index in [0.29, 0.717) is 18.3 Å². The molecule has 4 rings (SSSR count). The van der Waals surface area contributed by atoms with E-state index in [1.807, 2.05) is 4.72 Å². The van der Waals surface area contributed by atoms with E-state index >= 15 is 8.78 Å². The Morgan fingerprint density at radius 1 is 0.979 bits per heavy atom. The van der Waals surface area contributed by atoms with Crippen molar-refractivity contribution < 1.29 is 41.0 Å². The topological polar surface area (TPSA) is 123 Å². The Kier molecular flexibility index (Phi) is 12.6. The van der Waals surface area contributed by atoms with Gasteiger partial charge in [-0.05, 0) is 95.7 Å². The summed E-state index contributed by atoms with van der Waals surface area (Å²) >= 11 is 6.13. The fourth-order valence-electron chi connectivity index (χ4n) is 5.83. The van der Waals surface area contributed by atoms with Crippen LogP contribution >= 0.6 is 11.6 Å². The van der Waals surface area contributed by atoms with Gasteiger partial charge in [-0.2, -0.15) is 13.5 Å². The Morgan fingerprint density at radius 3 is 2.23 bits per heavy atom. The molecule has 2 N–H and O–H groups in total. The van der Waals surface area contributed by atoms with Crippen LogP contribution in [0.2, 0.25) is 5.02 Å². The third-order valence-corrected chi connectivity index (χ3v) is 10.1. The molecule has 1 heterocycles. The van der Waals surface area contributed by atoms with Crippen LogP contribution in [0.25, 0.3) is 0 Å². The summed E-state index contributed by atoms with van der Waals surface area (Å²) in [5.41, 5.74) is -1.35. The minimum absolute atomic E-state index is 0.00541. The summed E-state index contributed by atoms with van der Waals surface area (Å²) < 4.78 is 78.5. The molecular weight excluding hydrogens is 668 g/mol. The Labute approximate surface area is 286 Å². The smallest absolute Gasteiger partial charge is 0.407 e. The first-order valence-electron chi connectivity index (χ1n) is 16.4. The summed E-state index contributed by atoms with van der Waals surface area (Å²) in [6.07, 6.45) is 5.59. The average Bonchev–Trinajstić information content (AvgIpc) is 3.03. The lowest BCUT2D eigenvalue weighted by atomic mass is 9.90. The number of sulfonamides is 1. The van der Waals surface area contributed by atoms with Gasteiger partial charge >= 0.3 is 6.09 Å². The summed E-state index contributed by atoms with van der Waals surface area (Å²) in [6.45, 7) is 7.53. The first-order valence-corrected chi connectivity index (χ1v) is 18.3. The highest BCUT2D eigenvalue weighted by molar-refractivity contribution is 7.89. The van der Waals surface area contributed by atoms with Gasteiger partial charge in [0.25, 0.3) is 5.92 Å². The third kappa shape index (κ3) is 10.2. The molecule has 266 valence electrons. The van der Waals surface area contributed by atoms with E-state index in [2.05, 4.69) is 5.32 Å². The molecule has 1 unspecified atom stereocenters. The van der Waals surface area contributed by atoms with E-state index in [0.717, 1.165) is 37.8 Å². The van der Waals surface area contributed by atoms with Gasteiger partial charge in [0.05, 0.1) is 23.1 Å². The predicted molar refractivity (Wildman–Crippen MR) is 178 cm³/mol. The zero-order valence-electron chi connectivity index (χ0n) is 27.9. The monoisotopic (exact) mass is 713 g/mol. The number of alkyl carbamates (subject to hydrolysis) is 1. The van der Waals surface area contributed by atoms with Crippen molar-refractivity contribution >= 4 is 33.6 Å². The van der Waals surface area contributed by atoms with Crippen LogP contribution in [0.15, 0.2) is 47.4 Å². The number of hydrogen-bond acceptors (Lipinski definition) is 7. The number of ether oxygens (including phenoxy) is 3. The largest absolute Gasteiger partial charge is 0.493 e. The van der Waals surface area contributed by atoms with Gasteiger partial charge in [0.15, 0.2) is 6.04 Å². The number of alkyl halides is 2. The van der Waals surface area contributed by atoms with Gasteiger partial charge in [0.1, 0.15) is 17.1 Å². The molecule has 2 aliphatic rings. The van der Waals surface area contributed by atoms with Crippen LogP contribution in [0.5, 0.6) is 11.5 Å². The third-order valence-electron chi connectivity index (χ3n) is 8.37. The SMILES string of the molecule is CCOc1cc(C(F)(F)C(NS(=O)(=O)c2ccc(OCC3CCCCC3)cc2)C(=O)N2CCC(NC(=O)OC(C)(C)C)CC2)ccc1Cl. The first-order chi connectivity index (χ1) is 22.6. The van der Waals surface area contributed by atoms with Crippen molar-refractivity contribution in [1.29, 1.82) is 0 Å². The van der Waals surface area contributed by atoms with E-state index in [1.54, 1.807) is 27.7 Å². The molecule has 1 saturated heterocycles. The van der Waals surface area contributed by atoms with Gasteiger partial charge in [-0.25, -0.2) is 13.2 Å². The lowest BCUT2D eigenvalue weighted by molar-refractivity contribution is -0.145. The minimum atomic E-state index is -4.62. The number of rotatable bonds is 12. The average molecular weight is 714 g/mol. The molecule has 0 bridgehead atoms. The molecule has 1 saturated carbocycles. The van der Waals surface area contributed by atoms with Gasteiger partial charge in [0, 0.05) is 24.7 Å². The number of piperidine rings is 1. The Morgan fingerprint density at radius 2 is 1.62 bits per heavy atom. The minimum Gasteiger partial charge on any atom is -0.493 e. The number of halogens is 3. The van der Waals surface area contributed by atoms with Gasteiger partial charge < -0.3 is 24.4 Å². The standard InChI is InChI=1S/C34H46ClF2N3O7S/c1-5-45-29-21-24(11-16-28(29)35)34(36,37)30(31(41)40-19-17-25(18-20-40)38-32(42)47-33(2,3)4)39-48(43,44)27-14-12-26(13-15-27)46-22-23-9-7-6-8-10-23/h11-16,21,23,25,30,39H,5-10,17-20,22H2,1-4H3,(H,38,42). The molecule has 2 amide bonds. The van der Waals surface area contributed by atoms with E-state index < -0.39 is 45.2 Å². The maximum absolute atomic E-state index is 16.4. The number of benzene rings is 2. The molecular formula is C34H46ClF2N3O7S. The molecule has 1 aliphatic carbocycles. The Balaban J connectivity index is 1.54. The highest BCUT2D eigenvalue weighted by atomic mass is 35.5. The number of carbonyl (C=O) groups excluding carboxylic acids is 2. The maximum Gasteiger partial charge on any atom is 0.407 e. The number of nitrogens with zero attached hydrogens (tertiary/aromatic N) is 1.